The second-order valence-corrected chi connectivity index (χ2v) is 3.23. The van der Waals surface area contributed by atoms with E-state index in [4.69, 9.17) is 10.8 Å². The van der Waals surface area contributed by atoms with Gasteiger partial charge >= 0.3 is 5.97 Å². The zero-order valence-corrected chi connectivity index (χ0v) is 8.91. The standard InChI is InChI=1S/C8H8FNO2S.ClH/c1-13-7-3-5(9)4(8(11)12)2-6(7)10;/h2-3H,10H2,1H3,(H,11,12);1H. The molecule has 0 aliphatic carbocycles. The largest absolute Gasteiger partial charge is 0.478 e. The van der Waals surface area contributed by atoms with Gasteiger partial charge in [-0.2, -0.15) is 0 Å². The number of carboxylic acids is 1. The summed E-state index contributed by atoms with van der Waals surface area (Å²) >= 11 is 1.27. The summed E-state index contributed by atoms with van der Waals surface area (Å²) in [7, 11) is 0. The Bertz CT molecular complexity index is 359. The third-order valence-electron chi connectivity index (χ3n) is 1.55. The molecule has 0 heterocycles. The second-order valence-electron chi connectivity index (χ2n) is 2.38. The van der Waals surface area contributed by atoms with Crippen molar-refractivity contribution in [1.29, 1.82) is 0 Å². The fourth-order valence-electron chi connectivity index (χ4n) is 0.912. The van der Waals surface area contributed by atoms with Gasteiger partial charge in [0, 0.05) is 10.6 Å². The minimum Gasteiger partial charge on any atom is -0.478 e. The summed E-state index contributed by atoms with van der Waals surface area (Å²) in [6, 6.07) is 2.26. The number of nitrogens with two attached hydrogens (primary N) is 1. The molecule has 6 heteroatoms. The van der Waals surface area contributed by atoms with E-state index in [0.717, 1.165) is 12.1 Å². The van der Waals surface area contributed by atoms with Crippen LogP contribution in [0, 0.1) is 5.82 Å². The van der Waals surface area contributed by atoms with Crippen LogP contribution in [-0.2, 0) is 0 Å². The molecule has 0 saturated heterocycles. The van der Waals surface area contributed by atoms with E-state index in [0.29, 0.717) is 4.90 Å². The molecule has 0 radical (unpaired) electrons. The van der Waals surface area contributed by atoms with E-state index < -0.39 is 17.3 Å². The molecular weight excluding hydrogens is 229 g/mol. The monoisotopic (exact) mass is 237 g/mol. The Morgan fingerprint density at radius 1 is 1.57 bits per heavy atom. The van der Waals surface area contributed by atoms with Crippen LogP contribution in [0.2, 0.25) is 0 Å². The average Bonchev–Trinajstić information content (AvgIpc) is 2.07. The Kier molecular flexibility index (Phi) is 4.73. The van der Waals surface area contributed by atoms with Crippen molar-refractivity contribution in [1.82, 2.24) is 0 Å². The first-order chi connectivity index (χ1) is 6.06. The average molecular weight is 238 g/mol. The van der Waals surface area contributed by atoms with E-state index in [2.05, 4.69) is 0 Å². The highest BCUT2D eigenvalue weighted by atomic mass is 35.5. The van der Waals surface area contributed by atoms with Gasteiger partial charge < -0.3 is 10.8 Å². The van der Waals surface area contributed by atoms with E-state index in [1.54, 1.807) is 6.26 Å². The first-order valence-electron chi connectivity index (χ1n) is 3.42. The Hall–Kier alpha value is -0.940. The van der Waals surface area contributed by atoms with Crippen molar-refractivity contribution < 1.29 is 14.3 Å². The van der Waals surface area contributed by atoms with Crippen LogP contribution in [0.15, 0.2) is 17.0 Å². The third kappa shape index (κ3) is 2.52. The maximum atomic E-state index is 13.0. The van der Waals surface area contributed by atoms with E-state index in [9.17, 15) is 9.18 Å². The lowest BCUT2D eigenvalue weighted by atomic mass is 10.2. The second kappa shape index (κ2) is 5.07. The molecule has 1 rings (SSSR count). The highest BCUT2D eigenvalue weighted by molar-refractivity contribution is 7.98. The Morgan fingerprint density at radius 2 is 2.14 bits per heavy atom. The molecule has 3 nitrogen and oxygen atoms in total. The molecule has 78 valence electrons. The number of anilines is 1. The number of aromatic carboxylic acids is 1. The predicted molar refractivity (Wildman–Crippen MR) is 56.8 cm³/mol. The van der Waals surface area contributed by atoms with Crippen molar-refractivity contribution in [3.63, 3.8) is 0 Å². The van der Waals surface area contributed by atoms with Gasteiger partial charge in [0.2, 0.25) is 0 Å². The van der Waals surface area contributed by atoms with Crippen LogP contribution in [0.4, 0.5) is 10.1 Å². The van der Waals surface area contributed by atoms with Crippen LogP contribution in [0.3, 0.4) is 0 Å². The summed E-state index contributed by atoms with van der Waals surface area (Å²) in [6.07, 6.45) is 1.74. The predicted octanol–water partition coefficient (Wildman–Crippen LogP) is 2.25. The lowest BCUT2D eigenvalue weighted by Crippen LogP contribution is -2.02. The normalized spacial score (nSPS) is 9.29. The van der Waals surface area contributed by atoms with E-state index in [-0.39, 0.29) is 18.1 Å². The topological polar surface area (TPSA) is 63.3 Å². The molecule has 0 saturated carbocycles. The van der Waals surface area contributed by atoms with Crippen LogP contribution in [0.1, 0.15) is 10.4 Å². The highest BCUT2D eigenvalue weighted by Crippen LogP contribution is 2.25. The molecule has 0 unspecified atom stereocenters. The Labute approximate surface area is 90.9 Å². The summed E-state index contributed by atoms with van der Waals surface area (Å²) in [5.74, 6) is -2.07. The molecule has 0 aliphatic rings. The number of benzene rings is 1. The summed E-state index contributed by atoms with van der Waals surface area (Å²) < 4.78 is 13.0. The SMILES string of the molecule is CSc1cc(F)c(C(=O)O)cc1N.Cl. The van der Waals surface area contributed by atoms with E-state index in [1.807, 2.05) is 0 Å². The number of hydrogen-bond acceptors (Lipinski definition) is 3. The lowest BCUT2D eigenvalue weighted by molar-refractivity contribution is 0.0692. The van der Waals surface area contributed by atoms with Crippen molar-refractivity contribution >= 4 is 35.8 Å². The lowest BCUT2D eigenvalue weighted by Gasteiger charge is -2.04. The number of carboxylic acid groups (broad SMARTS) is 1. The fraction of sp³-hybridized carbons (Fsp3) is 0.125. The molecule has 0 aromatic heterocycles. The van der Waals surface area contributed by atoms with Crippen LogP contribution >= 0.6 is 24.2 Å². The van der Waals surface area contributed by atoms with Crippen molar-refractivity contribution in [3.8, 4) is 0 Å². The molecular formula is C8H9ClFNO2S. The van der Waals surface area contributed by atoms with Gasteiger partial charge in [-0.3, -0.25) is 0 Å². The zero-order chi connectivity index (χ0) is 10.0. The molecule has 0 bridgehead atoms. The Balaban J connectivity index is 0.00000169. The van der Waals surface area contributed by atoms with Crippen molar-refractivity contribution in [2.24, 2.45) is 0 Å². The number of nitrogen functional groups attached to an aromatic ring is 1. The van der Waals surface area contributed by atoms with E-state index in [1.165, 1.54) is 11.8 Å². The smallest absolute Gasteiger partial charge is 0.338 e. The summed E-state index contributed by atoms with van der Waals surface area (Å²) in [6.45, 7) is 0. The van der Waals surface area contributed by atoms with Crippen molar-refractivity contribution in [3.05, 3.63) is 23.5 Å². The maximum Gasteiger partial charge on any atom is 0.338 e. The zero-order valence-electron chi connectivity index (χ0n) is 7.28. The molecule has 3 N–H and O–H groups in total. The summed E-state index contributed by atoms with van der Waals surface area (Å²) in [5.41, 5.74) is 5.38. The molecule has 0 atom stereocenters. The van der Waals surface area contributed by atoms with Gasteiger partial charge in [0.1, 0.15) is 5.82 Å². The molecule has 1 aromatic carbocycles. The first kappa shape index (κ1) is 13.1. The highest BCUT2D eigenvalue weighted by Gasteiger charge is 2.12. The van der Waals surface area contributed by atoms with Crippen LogP contribution in [0.5, 0.6) is 0 Å². The third-order valence-corrected chi connectivity index (χ3v) is 2.34. The minimum absolute atomic E-state index is 0. The number of hydrogen-bond donors (Lipinski definition) is 2. The van der Waals surface area contributed by atoms with Crippen LogP contribution < -0.4 is 5.73 Å². The molecule has 0 fully saturated rings. The first-order valence-corrected chi connectivity index (χ1v) is 4.65. The number of halogens is 2. The van der Waals surface area contributed by atoms with Crippen LogP contribution in [0.25, 0.3) is 0 Å². The fourth-order valence-corrected chi connectivity index (χ4v) is 1.43. The van der Waals surface area contributed by atoms with Crippen LogP contribution in [-0.4, -0.2) is 17.3 Å². The molecule has 14 heavy (non-hydrogen) atoms. The van der Waals surface area contributed by atoms with Gasteiger partial charge in [-0.25, -0.2) is 9.18 Å². The number of thioether (sulfide) groups is 1. The van der Waals surface area contributed by atoms with Crippen molar-refractivity contribution in [2.75, 3.05) is 12.0 Å². The molecule has 0 aliphatic heterocycles. The quantitative estimate of drug-likeness (QED) is 0.612. The molecule has 0 amide bonds. The summed E-state index contributed by atoms with van der Waals surface area (Å²) in [5, 5.41) is 8.55. The summed E-state index contributed by atoms with van der Waals surface area (Å²) in [4.78, 5) is 11.0. The van der Waals surface area contributed by atoms with Gasteiger partial charge in [0.15, 0.2) is 0 Å². The maximum absolute atomic E-state index is 13.0. The molecule has 1 aromatic rings. The van der Waals surface area contributed by atoms with Crippen molar-refractivity contribution in [2.45, 2.75) is 4.90 Å². The van der Waals surface area contributed by atoms with Gasteiger partial charge in [0.05, 0.1) is 5.56 Å². The number of rotatable bonds is 2. The number of carbonyl (C=O) groups is 1. The van der Waals surface area contributed by atoms with Gasteiger partial charge in [0.25, 0.3) is 0 Å². The minimum atomic E-state index is -1.31. The molecule has 0 spiro atoms. The van der Waals surface area contributed by atoms with Gasteiger partial charge in [-0.15, -0.1) is 24.2 Å². The van der Waals surface area contributed by atoms with Gasteiger partial charge in [-0.05, 0) is 18.4 Å². The van der Waals surface area contributed by atoms with Gasteiger partial charge in [-0.1, -0.05) is 0 Å². The Morgan fingerprint density at radius 3 is 2.57 bits per heavy atom. The van der Waals surface area contributed by atoms with E-state index >= 15 is 0 Å².